The highest BCUT2D eigenvalue weighted by Gasteiger charge is 2.33. The zero-order valence-corrected chi connectivity index (χ0v) is 14.4. The van der Waals surface area contributed by atoms with Crippen molar-refractivity contribution in [2.45, 2.75) is 44.1 Å². The largest absolute Gasteiger partial charge is 0.381 e. The van der Waals surface area contributed by atoms with Crippen LogP contribution in [0.1, 0.15) is 36.8 Å². The van der Waals surface area contributed by atoms with E-state index in [2.05, 4.69) is 29.6 Å². The first kappa shape index (κ1) is 18.2. The van der Waals surface area contributed by atoms with Gasteiger partial charge in [-0.1, -0.05) is 24.3 Å². The molecule has 1 amide bonds. The topological polar surface area (TPSA) is 64.3 Å². The molecular formula is C18H27ClN2O2. The molecule has 1 unspecified atom stereocenters. The van der Waals surface area contributed by atoms with E-state index in [1.165, 1.54) is 11.1 Å². The van der Waals surface area contributed by atoms with E-state index in [0.717, 1.165) is 32.1 Å². The summed E-state index contributed by atoms with van der Waals surface area (Å²) in [6, 6.07) is 8.59. The predicted octanol–water partition coefficient (Wildman–Crippen LogP) is 2.23. The van der Waals surface area contributed by atoms with Crippen LogP contribution in [0.5, 0.6) is 0 Å². The van der Waals surface area contributed by atoms with E-state index < -0.39 is 0 Å². The van der Waals surface area contributed by atoms with Gasteiger partial charge in [0.25, 0.3) is 0 Å². The minimum absolute atomic E-state index is 0. The van der Waals surface area contributed by atoms with Crippen LogP contribution in [0.15, 0.2) is 24.3 Å². The normalized spacial score (nSPS) is 22.6. The molecule has 1 atom stereocenters. The fourth-order valence-corrected chi connectivity index (χ4v) is 3.70. The van der Waals surface area contributed by atoms with Crippen LogP contribution >= 0.6 is 12.4 Å². The van der Waals surface area contributed by atoms with E-state index in [1.807, 2.05) is 0 Å². The van der Waals surface area contributed by atoms with Crippen molar-refractivity contribution < 1.29 is 9.53 Å². The SMILES string of the molecule is Cl.NCC1(NC(=O)CC2CCc3ccccc3C2)CCOCC1. The molecule has 23 heavy (non-hydrogen) atoms. The minimum Gasteiger partial charge on any atom is -0.381 e. The Bertz CT molecular complexity index is 530. The van der Waals surface area contributed by atoms with Crippen LogP contribution in [0.3, 0.4) is 0 Å². The Morgan fingerprint density at radius 1 is 1.26 bits per heavy atom. The zero-order chi connectivity index (χ0) is 15.4. The lowest BCUT2D eigenvalue weighted by Crippen LogP contribution is -2.56. The molecule has 1 fully saturated rings. The molecule has 0 aromatic heterocycles. The van der Waals surface area contributed by atoms with Crippen molar-refractivity contribution >= 4 is 18.3 Å². The summed E-state index contributed by atoms with van der Waals surface area (Å²) in [6.07, 6.45) is 5.46. The quantitative estimate of drug-likeness (QED) is 0.884. The van der Waals surface area contributed by atoms with Crippen molar-refractivity contribution in [3.63, 3.8) is 0 Å². The smallest absolute Gasteiger partial charge is 0.220 e. The van der Waals surface area contributed by atoms with Gasteiger partial charge in [0.1, 0.15) is 0 Å². The summed E-state index contributed by atoms with van der Waals surface area (Å²) < 4.78 is 5.39. The monoisotopic (exact) mass is 338 g/mol. The third-order valence-corrected chi connectivity index (χ3v) is 5.17. The van der Waals surface area contributed by atoms with E-state index in [1.54, 1.807) is 0 Å². The number of carbonyl (C=O) groups excluding carboxylic acids is 1. The van der Waals surface area contributed by atoms with Crippen molar-refractivity contribution in [1.29, 1.82) is 0 Å². The van der Waals surface area contributed by atoms with Gasteiger partial charge in [-0.15, -0.1) is 12.4 Å². The third kappa shape index (κ3) is 4.46. The zero-order valence-electron chi connectivity index (χ0n) is 13.6. The molecular weight excluding hydrogens is 312 g/mol. The number of ether oxygens (including phenoxy) is 1. The molecule has 128 valence electrons. The van der Waals surface area contributed by atoms with Gasteiger partial charge in [0.05, 0.1) is 5.54 Å². The van der Waals surface area contributed by atoms with Crippen LogP contribution in [-0.2, 0) is 22.4 Å². The summed E-state index contributed by atoms with van der Waals surface area (Å²) in [6.45, 7) is 1.87. The fraction of sp³-hybridized carbons (Fsp3) is 0.611. The second-order valence-electron chi connectivity index (χ2n) is 6.73. The predicted molar refractivity (Wildman–Crippen MR) is 93.8 cm³/mol. The van der Waals surface area contributed by atoms with Gasteiger partial charge in [0, 0.05) is 26.2 Å². The van der Waals surface area contributed by atoms with Gasteiger partial charge < -0.3 is 15.8 Å². The molecule has 0 radical (unpaired) electrons. The molecule has 1 saturated heterocycles. The number of benzene rings is 1. The summed E-state index contributed by atoms with van der Waals surface area (Å²) in [4.78, 5) is 12.4. The van der Waals surface area contributed by atoms with Crippen molar-refractivity contribution in [3.05, 3.63) is 35.4 Å². The minimum atomic E-state index is -0.248. The van der Waals surface area contributed by atoms with E-state index in [9.17, 15) is 4.79 Å². The van der Waals surface area contributed by atoms with Gasteiger partial charge in [-0.05, 0) is 49.1 Å². The standard InChI is InChI=1S/C18H26N2O2.ClH/c19-13-18(7-9-22-10-8-18)20-17(21)12-14-5-6-15-3-1-2-4-16(15)11-14;/h1-4,14H,5-13,19H2,(H,20,21);1H. The number of hydrogen-bond acceptors (Lipinski definition) is 3. The maximum Gasteiger partial charge on any atom is 0.220 e. The van der Waals surface area contributed by atoms with Gasteiger partial charge in [0.2, 0.25) is 5.91 Å². The van der Waals surface area contributed by atoms with Gasteiger partial charge in [-0.25, -0.2) is 0 Å². The number of nitrogens with two attached hydrogens (primary N) is 1. The van der Waals surface area contributed by atoms with Crippen LogP contribution in [0.4, 0.5) is 0 Å². The lowest BCUT2D eigenvalue weighted by Gasteiger charge is -2.37. The molecule has 1 aliphatic heterocycles. The third-order valence-electron chi connectivity index (χ3n) is 5.17. The molecule has 5 heteroatoms. The van der Waals surface area contributed by atoms with E-state index in [4.69, 9.17) is 10.5 Å². The van der Waals surface area contributed by atoms with Gasteiger partial charge in [-0.3, -0.25) is 4.79 Å². The maximum atomic E-state index is 12.4. The second kappa shape index (κ2) is 8.13. The summed E-state index contributed by atoms with van der Waals surface area (Å²) in [7, 11) is 0. The number of rotatable bonds is 4. The van der Waals surface area contributed by atoms with E-state index in [0.29, 0.717) is 32.1 Å². The second-order valence-corrected chi connectivity index (χ2v) is 6.73. The summed E-state index contributed by atoms with van der Waals surface area (Å²) in [5.41, 5.74) is 8.52. The summed E-state index contributed by atoms with van der Waals surface area (Å²) in [5.74, 6) is 0.598. The first-order valence-corrected chi connectivity index (χ1v) is 8.36. The molecule has 1 aromatic rings. The summed E-state index contributed by atoms with van der Waals surface area (Å²) in [5, 5.41) is 3.21. The van der Waals surface area contributed by atoms with Crippen LogP contribution in [0, 0.1) is 5.92 Å². The number of carbonyl (C=O) groups is 1. The Morgan fingerprint density at radius 3 is 2.65 bits per heavy atom. The molecule has 1 aromatic carbocycles. The average Bonchev–Trinajstić information content (AvgIpc) is 2.55. The summed E-state index contributed by atoms with van der Waals surface area (Å²) >= 11 is 0. The van der Waals surface area contributed by atoms with Crippen molar-refractivity contribution in [2.24, 2.45) is 11.7 Å². The number of halogens is 1. The highest BCUT2D eigenvalue weighted by Crippen LogP contribution is 2.28. The van der Waals surface area contributed by atoms with Crippen LogP contribution in [-0.4, -0.2) is 31.2 Å². The Balaban J connectivity index is 0.00000192. The van der Waals surface area contributed by atoms with Gasteiger partial charge in [-0.2, -0.15) is 0 Å². The van der Waals surface area contributed by atoms with Crippen molar-refractivity contribution in [1.82, 2.24) is 5.32 Å². The number of amides is 1. The maximum absolute atomic E-state index is 12.4. The lowest BCUT2D eigenvalue weighted by atomic mass is 9.81. The Hall–Kier alpha value is -1.10. The highest BCUT2D eigenvalue weighted by molar-refractivity contribution is 5.85. The Kier molecular flexibility index (Phi) is 6.45. The van der Waals surface area contributed by atoms with Crippen molar-refractivity contribution in [3.8, 4) is 0 Å². The molecule has 0 bridgehead atoms. The molecule has 0 spiro atoms. The molecule has 0 saturated carbocycles. The lowest BCUT2D eigenvalue weighted by molar-refractivity contribution is -0.125. The average molecular weight is 339 g/mol. The Labute approximate surface area is 144 Å². The number of fused-ring (bicyclic) bond motifs is 1. The number of aryl methyl sites for hydroxylation is 1. The van der Waals surface area contributed by atoms with Crippen LogP contribution < -0.4 is 11.1 Å². The van der Waals surface area contributed by atoms with E-state index >= 15 is 0 Å². The molecule has 4 nitrogen and oxygen atoms in total. The van der Waals surface area contributed by atoms with Crippen molar-refractivity contribution in [2.75, 3.05) is 19.8 Å². The molecule has 3 N–H and O–H groups in total. The van der Waals surface area contributed by atoms with Crippen LogP contribution in [0.2, 0.25) is 0 Å². The fourth-order valence-electron chi connectivity index (χ4n) is 3.70. The number of hydrogen-bond donors (Lipinski definition) is 2. The molecule has 1 aliphatic carbocycles. The number of nitrogens with one attached hydrogen (secondary N) is 1. The van der Waals surface area contributed by atoms with Gasteiger partial charge in [0.15, 0.2) is 0 Å². The molecule has 2 aliphatic rings. The van der Waals surface area contributed by atoms with Gasteiger partial charge >= 0.3 is 0 Å². The molecule has 1 heterocycles. The molecule has 3 rings (SSSR count). The Morgan fingerprint density at radius 2 is 1.96 bits per heavy atom. The van der Waals surface area contributed by atoms with E-state index in [-0.39, 0.29) is 23.9 Å². The van der Waals surface area contributed by atoms with Crippen LogP contribution in [0.25, 0.3) is 0 Å². The first-order valence-electron chi connectivity index (χ1n) is 8.36. The first-order chi connectivity index (χ1) is 10.7. The highest BCUT2D eigenvalue weighted by atomic mass is 35.5.